The third-order valence-electron chi connectivity index (χ3n) is 2.83. The van der Waals surface area contributed by atoms with Crippen LogP contribution in [0.4, 0.5) is 5.69 Å². The molecule has 2 aromatic rings. The summed E-state index contributed by atoms with van der Waals surface area (Å²) in [5.74, 6) is -0.410. The highest BCUT2D eigenvalue weighted by atomic mass is 35.5. The van der Waals surface area contributed by atoms with Gasteiger partial charge in [0.15, 0.2) is 9.84 Å². The van der Waals surface area contributed by atoms with Gasteiger partial charge in [-0.15, -0.1) is 0 Å². The molecule has 0 aliphatic rings. The van der Waals surface area contributed by atoms with Gasteiger partial charge in [-0.3, -0.25) is 9.78 Å². The Balaban J connectivity index is 2.26. The molecule has 0 atom stereocenters. The number of carbonyl (C=O) groups excluding carboxylic acids is 1. The van der Waals surface area contributed by atoms with Gasteiger partial charge in [-0.25, -0.2) is 8.42 Å². The summed E-state index contributed by atoms with van der Waals surface area (Å²) in [4.78, 5) is 16.2. The number of hydrogen-bond donors (Lipinski definition) is 1. The predicted octanol–water partition coefficient (Wildman–Crippen LogP) is 2.70. The normalized spacial score (nSPS) is 11.2. The van der Waals surface area contributed by atoms with Gasteiger partial charge in [0.25, 0.3) is 5.91 Å². The molecule has 0 saturated heterocycles. The van der Waals surface area contributed by atoms with Crippen molar-refractivity contribution in [2.75, 3.05) is 11.6 Å². The third kappa shape index (κ3) is 3.80. The van der Waals surface area contributed by atoms with Crippen LogP contribution < -0.4 is 5.32 Å². The highest BCUT2D eigenvalue weighted by molar-refractivity contribution is 7.90. The lowest BCUT2D eigenvalue weighted by Gasteiger charge is -2.09. The molecule has 2 rings (SSSR count). The van der Waals surface area contributed by atoms with Crippen LogP contribution in [-0.2, 0) is 9.84 Å². The average Bonchev–Trinajstić information content (AvgIpc) is 2.39. The van der Waals surface area contributed by atoms with Crippen LogP contribution in [0.15, 0.2) is 41.4 Å². The second-order valence-electron chi connectivity index (χ2n) is 4.56. The number of anilines is 1. The zero-order valence-electron chi connectivity index (χ0n) is 11.4. The molecule has 1 aromatic heterocycles. The van der Waals surface area contributed by atoms with Gasteiger partial charge in [-0.05, 0) is 42.8 Å². The van der Waals surface area contributed by atoms with Crippen LogP contribution in [0.2, 0.25) is 5.02 Å². The van der Waals surface area contributed by atoms with E-state index in [1.807, 2.05) is 0 Å². The van der Waals surface area contributed by atoms with E-state index in [0.717, 1.165) is 6.26 Å². The monoisotopic (exact) mass is 324 g/mol. The molecular weight excluding hydrogens is 312 g/mol. The van der Waals surface area contributed by atoms with Crippen molar-refractivity contribution in [2.45, 2.75) is 11.8 Å². The number of benzene rings is 1. The van der Waals surface area contributed by atoms with E-state index in [1.54, 1.807) is 19.1 Å². The highest BCUT2D eigenvalue weighted by Gasteiger charge is 2.12. The molecule has 0 bridgehead atoms. The molecule has 7 heteroatoms. The predicted molar refractivity (Wildman–Crippen MR) is 81.5 cm³/mol. The molecule has 21 heavy (non-hydrogen) atoms. The van der Waals surface area contributed by atoms with Gasteiger partial charge >= 0.3 is 0 Å². The number of amides is 1. The first-order chi connectivity index (χ1) is 9.77. The molecule has 0 radical (unpaired) electrons. The highest BCUT2D eigenvalue weighted by Crippen LogP contribution is 2.20. The number of nitrogens with zero attached hydrogens (tertiary/aromatic N) is 1. The van der Waals surface area contributed by atoms with Crippen molar-refractivity contribution in [2.24, 2.45) is 0 Å². The fourth-order valence-corrected chi connectivity index (χ4v) is 2.59. The maximum absolute atomic E-state index is 12.0. The summed E-state index contributed by atoms with van der Waals surface area (Å²) < 4.78 is 22.9. The minimum atomic E-state index is -3.27. The van der Waals surface area contributed by atoms with E-state index in [2.05, 4.69) is 10.3 Å². The molecule has 0 aliphatic carbocycles. The first kappa shape index (κ1) is 15.5. The maximum Gasteiger partial charge on any atom is 0.274 e. The number of hydrogen-bond acceptors (Lipinski definition) is 4. The molecule has 1 aromatic carbocycles. The minimum Gasteiger partial charge on any atom is -0.320 e. The van der Waals surface area contributed by atoms with E-state index in [-0.39, 0.29) is 10.6 Å². The average molecular weight is 325 g/mol. The molecule has 0 aliphatic heterocycles. The molecule has 110 valence electrons. The smallest absolute Gasteiger partial charge is 0.274 e. The maximum atomic E-state index is 12.0. The molecule has 0 fully saturated rings. The van der Waals surface area contributed by atoms with Crippen LogP contribution >= 0.6 is 11.6 Å². The second kappa shape index (κ2) is 5.83. The standard InChI is InChI=1S/C14H13ClN2O3S/c1-9-7-11(21(2,19)20)3-4-12(9)17-14(18)13-8-10(15)5-6-16-13/h3-8H,1-2H3,(H,17,18). The topological polar surface area (TPSA) is 76.1 Å². The van der Waals surface area contributed by atoms with Crippen molar-refractivity contribution in [1.29, 1.82) is 0 Å². The van der Waals surface area contributed by atoms with Crippen molar-refractivity contribution >= 4 is 33.0 Å². The lowest BCUT2D eigenvalue weighted by molar-refractivity contribution is 0.102. The van der Waals surface area contributed by atoms with Crippen molar-refractivity contribution < 1.29 is 13.2 Å². The molecule has 1 amide bonds. The number of sulfone groups is 1. The van der Waals surface area contributed by atoms with Crippen molar-refractivity contribution in [1.82, 2.24) is 4.98 Å². The van der Waals surface area contributed by atoms with Crippen molar-refractivity contribution in [3.63, 3.8) is 0 Å². The van der Waals surface area contributed by atoms with E-state index in [9.17, 15) is 13.2 Å². The van der Waals surface area contributed by atoms with E-state index < -0.39 is 15.7 Å². The lowest BCUT2D eigenvalue weighted by Crippen LogP contribution is -2.14. The van der Waals surface area contributed by atoms with Gasteiger partial charge in [0.05, 0.1) is 4.90 Å². The van der Waals surface area contributed by atoms with Crippen LogP contribution in [0.5, 0.6) is 0 Å². The molecule has 1 N–H and O–H groups in total. The number of nitrogens with one attached hydrogen (secondary N) is 1. The van der Waals surface area contributed by atoms with E-state index in [0.29, 0.717) is 16.3 Å². The molecule has 1 heterocycles. The van der Waals surface area contributed by atoms with E-state index in [1.165, 1.54) is 24.4 Å². The van der Waals surface area contributed by atoms with Crippen molar-refractivity contribution in [3.8, 4) is 0 Å². The Kier molecular flexibility index (Phi) is 4.29. The fourth-order valence-electron chi connectivity index (χ4n) is 1.72. The van der Waals surface area contributed by atoms with Gasteiger partial charge < -0.3 is 5.32 Å². The van der Waals surface area contributed by atoms with Crippen LogP contribution in [0, 0.1) is 6.92 Å². The first-order valence-corrected chi connectivity index (χ1v) is 8.28. The van der Waals surface area contributed by atoms with Gasteiger partial charge in [0.2, 0.25) is 0 Å². The van der Waals surface area contributed by atoms with Crippen LogP contribution in [0.1, 0.15) is 16.1 Å². The summed E-state index contributed by atoms with van der Waals surface area (Å²) in [6.45, 7) is 1.72. The second-order valence-corrected chi connectivity index (χ2v) is 7.01. The summed E-state index contributed by atoms with van der Waals surface area (Å²) in [7, 11) is -3.27. The minimum absolute atomic E-state index is 0.189. The van der Waals surface area contributed by atoms with Gasteiger partial charge in [0.1, 0.15) is 5.69 Å². The molecule has 0 saturated carbocycles. The number of aromatic nitrogens is 1. The van der Waals surface area contributed by atoms with Crippen LogP contribution in [0.3, 0.4) is 0 Å². The Morgan fingerprint density at radius 2 is 1.95 bits per heavy atom. The number of aryl methyl sites for hydroxylation is 1. The Morgan fingerprint density at radius 1 is 1.24 bits per heavy atom. The van der Waals surface area contributed by atoms with E-state index in [4.69, 9.17) is 11.6 Å². The lowest BCUT2D eigenvalue weighted by atomic mass is 10.2. The number of halogens is 1. The SMILES string of the molecule is Cc1cc(S(C)(=O)=O)ccc1NC(=O)c1cc(Cl)ccn1. The van der Waals surface area contributed by atoms with Crippen molar-refractivity contribution in [3.05, 3.63) is 52.8 Å². The molecule has 0 spiro atoms. The summed E-state index contributed by atoms with van der Waals surface area (Å²) in [5, 5.41) is 3.09. The van der Waals surface area contributed by atoms with Crippen LogP contribution in [0.25, 0.3) is 0 Å². The molecule has 5 nitrogen and oxygen atoms in total. The van der Waals surface area contributed by atoms with Gasteiger partial charge in [0, 0.05) is 23.2 Å². The number of rotatable bonds is 3. The summed E-state index contributed by atoms with van der Waals surface area (Å²) in [6.07, 6.45) is 2.58. The number of carbonyl (C=O) groups is 1. The Labute approximate surface area is 127 Å². The zero-order valence-corrected chi connectivity index (χ0v) is 13.0. The quantitative estimate of drug-likeness (QED) is 0.941. The summed E-state index contributed by atoms with van der Waals surface area (Å²) in [5.41, 5.74) is 1.36. The fraction of sp³-hybridized carbons (Fsp3) is 0.143. The van der Waals surface area contributed by atoms with E-state index >= 15 is 0 Å². The molecule has 0 unspecified atom stereocenters. The summed E-state index contributed by atoms with van der Waals surface area (Å²) >= 11 is 5.81. The largest absolute Gasteiger partial charge is 0.320 e. The van der Waals surface area contributed by atoms with Crippen LogP contribution in [-0.4, -0.2) is 25.6 Å². The Bertz CT molecular complexity index is 804. The molecular formula is C14H13ClN2O3S. The Morgan fingerprint density at radius 3 is 2.52 bits per heavy atom. The number of pyridine rings is 1. The van der Waals surface area contributed by atoms with Gasteiger partial charge in [-0.1, -0.05) is 11.6 Å². The first-order valence-electron chi connectivity index (χ1n) is 6.01. The summed E-state index contributed by atoms with van der Waals surface area (Å²) in [6, 6.07) is 7.54. The third-order valence-corrected chi connectivity index (χ3v) is 4.17. The Hall–Kier alpha value is -1.92. The van der Waals surface area contributed by atoms with Gasteiger partial charge in [-0.2, -0.15) is 0 Å². The zero-order chi connectivity index (χ0) is 15.6.